The van der Waals surface area contributed by atoms with E-state index in [9.17, 15) is 4.39 Å². The summed E-state index contributed by atoms with van der Waals surface area (Å²) in [4.78, 5) is 15.6. The number of hydrogen-bond acceptors (Lipinski definition) is 8. The number of nitrogens with zero attached hydrogens (tertiary/aromatic N) is 5. The highest BCUT2D eigenvalue weighted by Crippen LogP contribution is 2.25. The minimum atomic E-state index is -0.312. The van der Waals surface area contributed by atoms with Crippen molar-refractivity contribution in [1.29, 1.82) is 0 Å². The highest BCUT2D eigenvalue weighted by Gasteiger charge is 2.16. The molecule has 8 nitrogen and oxygen atoms in total. The van der Waals surface area contributed by atoms with Gasteiger partial charge in [-0.1, -0.05) is 23.7 Å². The van der Waals surface area contributed by atoms with Crippen LogP contribution in [0.4, 0.5) is 27.9 Å². The smallest absolute Gasteiger partial charge is 0.250 e. The van der Waals surface area contributed by atoms with Gasteiger partial charge in [0, 0.05) is 29.4 Å². The fourth-order valence-electron chi connectivity index (χ4n) is 3.74. The van der Waals surface area contributed by atoms with Crippen molar-refractivity contribution in [2.45, 2.75) is 19.3 Å². The molecule has 1 aliphatic rings. The molecule has 1 saturated heterocycles. The molecule has 4 aromatic rings. The van der Waals surface area contributed by atoms with Gasteiger partial charge >= 0.3 is 0 Å². The summed E-state index contributed by atoms with van der Waals surface area (Å²) in [5.41, 5.74) is 4.41. The number of aromatic nitrogens is 3. The van der Waals surface area contributed by atoms with Crippen molar-refractivity contribution in [3.05, 3.63) is 77.3 Å². The van der Waals surface area contributed by atoms with Crippen molar-refractivity contribution >= 4 is 53.8 Å². The second kappa shape index (κ2) is 11.8. The second-order valence-corrected chi connectivity index (χ2v) is 8.48. The van der Waals surface area contributed by atoms with Gasteiger partial charge in [0.05, 0.1) is 6.21 Å². The fraction of sp³-hybridized carbons (Fsp3) is 0.200. The zero-order chi connectivity index (χ0) is 24.0. The summed E-state index contributed by atoms with van der Waals surface area (Å²) in [6.07, 6.45) is 4.91. The van der Waals surface area contributed by atoms with Gasteiger partial charge in [-0.15, -0.1) is 12.4 Å². The number of nitrogens with one attached hydrogen (secondary N) is 2. The van der Waals surface area contributed by atoms with Crippen LogP contribution in [-0.2, 0) is 0 Å². The van der Waals surface area contributed by atoms with E-state index in [0.717, 1.165) is 31.5 Å². The van der Waals surface area contributed by atoms with E-state index in [2.05, 4.69) is 35.7 Å². The van der Waals surface area contributed by atoms with Crippen molar-refractivity contribution in [2.75, 3.05) is 28.7 Å². The van der Waals surface area contributed by atoms with Crippen molar-refractivity contribution in [2.24, 2.45) is 5.10 Å². The average Bonchev–Trinajstić information content (AvgIpc) is 3.35. The summed E-state index contributed by atoms with van der Waals surface area (Å²) in [6.45, 7) is 1.75. The number of benzene rings is 2. The Bertz CT molecular complexity index is 1320. The number of hydrogen-bond donors (Lipinski definition) is 2. The molecule has 5 rings (SSSR count). The zero-order valence-corrected chi connectivity index (χ0v) is 20.8. The average molecular weight is 528 g/mol. The van der Waals surface area contributed by atoms with Gasteiger partial charge in [0.1, 0.15) is 17.3 Å². The molecule has 0 saturated carbocycles. The molecular formula is C25H24Cl2FN7O. The van der Waals surface area contributed by atoms with E-state index in [1.165, 1.54) is 18.6 Å². The molecule has 2 aromatic heterocycles. The van der Waals surface area contributed by atoms with E-state index in [1.807, 2.05) is 36.4 Å². The number of anilines is 4. The normalized spacial score (nSPS) is 13.4. The summed E-state index contributed by atoms with van der Waals surface area (Å²) in [6, 6.07) is 17.1. The lowest BCUT2D eigenvalue weighted by Gasteiger charge is -2.26. The van der Waals surface area contributed by atoms with Gasteiger partial charge in [-0.05, 0) is 67.8 Å². The summed E-state index contributed by atoms with van der Waals surface area (Å²) in [5.74, 6) is 2.11. The van der Waals surface area contributed by atoms with Gasteiger partial charge in [-0.2, -0.15) is 20.1 Å². The van der Waals surface area contributed by atoms with Gasteiger partial charge in [0.15, 0.2) is 0 Å². The molecule has 2 N–H and O–H groups in total. The highest BCUT2D eigenvalue weighted by molar-refractivity contribution is 6.30. The SMILES string of the molecule is Cl.Fc1ccc(Nc2nc(NN=Cc3ccc(-c4cccc(Cl)c4)o3)nc(N3CCCCC3)n2)cc1. The van der Waals surface area contributed by atoms with Crippen LogP contribution in [0.5, 0.6) is 0 Å². The van der Waals surface area contributed by atoms with Gasteiger partial charge in [0.25, 0.3) is 0 Å². The van der Waals surface area contributed by atoms with Crippen LogP contribution in [0.3, 0.4) is 0 Å². The quantitative estimate of drug-likeness (QED) is 0.208. The standard InChI is InChI=1S/C25H23ClFN7O.ClH/c26-18-6-4-5-17(15-18)22-12-11-21(35-22)16-28-33-24-30-23(29-20-9-7-19(27)8-10-20)31-25(32-24)34-13-2-1-3-14-34;/h4-12,15-16H,1-3,13-14H2,(H2,29,30,31,32,33);1H. The van der Waals surface area contributed by atoms with Crippen LogP contribution >= 0.6 is 24.0 Å². The molecule has 0 unspecified atom stereocenters. The van der Waals surface area contributed by atoms with E-state index in [-0.39, 0.29) is 24.2 Å². The number of furan rings is 1. The Morgan fingerprint density at radius 3 is 2.50 bits per heavy atom. The summed E-state index contributed by atoms with van der Waals surface area (Å²) >= 11 is 6.07. The molecule has 0 aliphatic carbocycles. The van der Waals surface area contributed by atoms with E-state index in [1.54, 1.807) is 18.3 Å². The Kier molecular flexibility index (Phi) is 8.35. The van der Waals surface area contributed by atoms with Crippen LogP contribution in [0.2, 0.25) is 5.02 Å². The van der Waals surface area contributed by atoms with Crippen molar-refractivity contribution in [3.63, 3.8) is 0 Å². The number of rotatable bonds is 7. The molecule has 0 amide bonds. The Labute approximate surface area is 219 Å². The van der Waals surface area contributed by atoms with Crippen LogP contribution in [0, 0.1) is 5.82 Å². The lowest BCUT2D eigenvalue weighted by molar-refractivity contribution is 0.568. The second-order valence-electron chi connectivity index (χ2n) is 8.04. The first kappa shape index (κ1) is 25.4. The van der Waals surface area contributed by atoms with Crippen molar-refractivity contribution in [3.8, 4) is 11.3 Å². The third-order valence-electron chi connectivity index (χ3n) is 5.46. The van der Waals surface area contributed by atoms with Crippen LogP contribution < -0.4 is 15.6 Å². The van der Waals surface area contributed by atoms with Crippen molar-refractivity contribution in [1.82, 2.24) is 15.0 Å². The van der Waals surface area contributed by atoms with E-state index >= 15 is 0 Å². The first-order valence-corrected chi connectivity index (χ1v) is 11.7. The van der Waals surface area contributed by atoms with Gasteiger partial charge in [-0.25, -0.2) is 9.82 Å². The lowest BCUT2D eigenvalue weighted by atomic mass is 10.1. The molecule has 1 fully saturated rings. The molecule has 3 heterocycles. The molecule has 0 spiro atoms. The van der Waals surface area contributed by atoms with E-state index in [4.69, 9.17) is 16.0 Å². The zero-order valence-electron chi connectivity index (χ0n) is 19.2. The van der Waals surface area contributed by atoms with Crippen LogP contribution in [0.1, 0.15) is 25.0 Å². The first-order valence-electron chi connectivity index (χ1n) is 11.3. The fourth-order valence-corrected chi connectivity index (χ4v) is 3.93. The van der Waals surface area contributed by atoms with Gasteiger partial charge in [0.2, 0.25) is 17.8 Å². The minimum Gasteiger partial charge on any atom is -0.455 e. The van der Waals surface area contributed by atoms with Crippen LogP contribution in [0.15, 0.2) is 70.2 Å². The molecule has 186 valence electrons. The van der Waals surface area contributed by atoms with E-state index < -0.39 is 0 Å². The number of hydrazone groups is 1. The first-order chi connectivity index (χ1) is 17.1. The molecule has 0 radical (unpaired) electrons. The highest BCUT2D eigenvalue weighted by atomic mass is 35.5. The molecular weight excluding hydrogens is 504 g/mol. The predicted molar refractivity (Wildman–Crippen MR) is 143 cm³/mol. The van der Waals surface area contributed by atoms with Crippen LogP contribution in [-0.4, -0.2) is 34.3 Å². The monoisotopic (exact) mass is 527 g/mol. The third kappa shape index (κ3) is 6.50. The summed E-state index contributed by atoms with van der Waals surface area (Å²) in [5, 5.41) is 7.99. The Hall–Kier alpha value is -3.69. The number of halogens is 3. The number of piperidine rings is 1. The molecule has 1 aliphatic heterocycles. The topological polar surface area (TPSA) is 91.5 Å². The maximum Gasteiger partial charge on any atom is 0.250 e. The largest absolute Gasteiger partial charge is 0.455 e. The maximum atomic E-state index is 13.3. The molecule has 36 heavy (non-hydrogen) atoms. The molecule has 0 bridgehead atoms. The summed E-state index contributed by atoms with van der Waals surface area (Å²) < 4.78 is 19.1. The van der Waals surface area contributed by atoms with Crippen molar-refractivity contribution < 1.29 is 8.81 Å². The van der Waals surface area contributed by atoms with Gasteiger partial charge in [-0.3, -0.25) is 0 Å². The molecule has 2 aromatic carbocycles. The summed E-state index contributed by atoms with van der Waals surface area (Å²) in [7, 11) is 0. The van der Waals surface area contributed by atoms with Crippen LogP contribution in [0.25, 0.3) is 11.3 Å². The molecule has 11 heteroatoms. The third-order valence-corrected chi connectivity index (χ3v) is 5.69. The molecule has 0 atom stereocenters. The Morgan fingerprint density at radius 1 is 0.944 bits per heavy atom. The Morgan fingerprint density at radius 2 is 1.72 bits per heavy atom. The maximum absolute atomic E-state index is 13.3. The minimum absolute atomic E-state index is 0. The van der Waals surface area contributed by atoms with Gasteiger partial charge < -0.3 is 14.6 Å². The Balaban J connectivity index is 0.00000304. The lowest BCUT2D eigenvalue weighted by Crippen LogP contribution is -2.31. The predicted octanol–water partition coefficient (Wildman–Crippen LogP) is 6.53. The van der Waals surface area contributed by atoms with E-state index in [0.29, 0.717) is 34.1 Å².